The molecule has 0 bridgehead atoms. The molecular formula is C23H21F3N2O2. The number of alkyl halides is 3. The minimum Gasteiger partial charge on any atom is -0.352 e. The summed E-state index contributed by atoms with van der Waals surface area (Å²) in [6, 6.07) is 8.35. The largest absolute Gasteiger partial charge is 0.416 e. The maximum atomic E-state index is 13.2. The summed E-state index contributed by atoms with van der Waals surface area (Å²) >= 11 is 0. The zero-order chi connectivity index (χ0) is 22.3. The highest BCUT2D eigenvalue weighted by Crippen LogP contribution is 2.32. The van der Waals surface area contributed by atoms with E-state index >= 15 is 0 Å². The van der Waals surface area contributed by atoms with Gasteiger partial charge in [0.2, 0.25) is 5.91 Å². The van der Waals surface area contributed by atoms with Gasteiger partial charge in [-0.25, -0.2) is 0 Å². The van der Waals surface area contributed by atoms with Crippen LogP contribution in [0.25, 0.3) is 12.2 Å². The first kappa shape index (κ1) is 22.7. The Bertz CT molecular complexity index is 994. The second-order valence-corrected chi connectivity index (χ2v) is 6.37. The number of amides is 2. The third-order valence-corrected chi connectivity index (χ3v) is 4.27. The molecule has 0 aliphatic carbocycles. The van der Waals surface area contributed by atoms with Gasteiger partial charge < -0.3 is 10.6 Å². The van der Waals surface area contributed by atoms with Crippen LogP contribution in [0.3, 0.4) is 0 Å². The van der Waals surface area contributed by atoms with Crippen LogP contribution in [0.5, 0.6) is 0 Å². The van der Waals surface area contributed by atoms with Crippen molar-refractivity contribution in [3.63, 3.8) is 0 Å². The van der Waals surface area contributed by atoms with Crippen molar-refractivity contribution in [2.45, 2.75) is 12.6 Å². The molecule has 0 aliphatic heterocycles. The summed E-state index contributed by atoms with van der Waals surface area (Å²) in [7, 11) is 0. The summed E-state index contributed by atoms with van der Waals surface area (Å²) in [6.45, 7) is 10.9. The van der Waals surface area contributed by atoms with Crippen LogP contribution < -0.4 is 10.6 Å². The molecule has 0 saturated carbocycles. The molecule has 0 unspecified atom stereocenters. The van der Waals surface area contributed by atoms with Gasteiger partial charge in [-0.3, -0.25) is 9.59 Å². The summed E-state index contributed by atoms with van der Waals surface area (Å²) in [5.74, 6) is -1.36. The number of anilines is 1. The van der Waals surface area contributed by atoms with Gasteiger partial charge in [0.25, 0.3) is 5.91 Å². The molecule has 2 amide bonds. The SMILES string of the molecule is C=CC(=O)Nc1cc(C(=O)NCCc2ccc(C=C)c(C=C)c2)cc(C(F)(F)F)c1. The highest BCUT2D eigenvalue weighted by atomic mass is 19.4. The minimum atomic E-state index is -4.67. The van der Waals surface area contributed by atoms with E-state index in [1.54, 1.807) is 12.2 Å². The third-order valence-electron chi connectivity index (χ3n) is 4.27. The summed E-state index contributed by atoms with van der Waals surface area (Å²) in [5, 5.41) is 4.85. The van der Waals surface area contributed by atoms with Gasteiger partial charge in [0, 0.05) is 17.8 Å². The van der Waals surface area contributed by atoms with Crippen molar-refractivity contribution in [2.75, 3.05) is 11.9 Å². The van der Waals surface area contributed by atoms with Crippen LogP contribution in [0.1, 0.15) is 32.6 Å². The molecule has 2 N–H and O–H groups in total. The second-order valence-electron chi connectivity index (χ2n) is 6.37. The number of carbonyl (C=O) groups is 2. The number of hydrogen-bond acceptors (Lipinski definition) is 2. The molecule has 2 rings (SSSR count). The highest BCUT2D eigenvalue weighted by molar-refractivity contribution is 6.01. The molecule has 2 aromatic carbocycles. The number of rotatable bonds is 8. The molecular weight excluding hydrogens is 393 g/mol. The molecule has 0 aliphatic rings. The van der Waals surface area contributed by atoms with Gasteiger partial charge in [-0.2, -0.15) is 13.2 Å². The normalized spacial score (nSPS) is 10.8. The Labute approximate surface area is 172 Å². The van der Waals surface area contributed by atoms with E-state index in [4.69, 9.17) is 0 Å². The van der Waals surface area contributed by atoms with E-state index in [0.29, 0.717) is 6.42 Å². The van der Waals surface area contributed by atoms with Crippen LogP contribution in [0.2, 0.25) is 0 Å². The third kappa shape index (κ3) is 5.94. The van der Waals surface area contributed by atoms with Crippen molar-refractivity contribution in [3.05, 3.63) is 90.0 Å². The van der Waals surface area contributed by atoms with Crippen LogP contribution in [0.15, 0.2) is 62.2 Å². The smallest absolute Gasteiger partial charge is 0.352 e. The molecule has 0 radical (unpaired) electrons. The fourth-order valence-corrected chi connectivity index (χ4v) is 2.75. The molecule has 0 spiro atoms. The van der Waals surface area contributed by atoms with Crippen LogP contribution in [0.4, 0.5) is 18.9 Å². The first-order chi connectivity index (χ1) is 14.2. The lowest BCUT2D eigenvalue weighted by molar-refractivity contribution is -0.137. The Morgan fingerprint density at radius 1 is 0.967 bits per heavy atom. The van der Waals surface area contributed by atoms with Crippen LogP contribution in [-0.2, 0) is 17.4 Å². The first-order valence-electron chi connectivity index (χ1n) is 8.99. The summed E-state index contributed by atoms with van der Waals surface area (Å²) in [6.07, 6.45) is 0.135. The molecule has 4 nitrogen and oxygen atoms in total. The topological polar surface area (TPSA) is 58.2 Å². The molecule has 0 atom stereocenters. The van der Waals surface area contributed by atoms with E-state index in [1.165, 1.54) is 6.07 Å². The van der Waals surface area contributed by atoms with Gasteiger partial charge in [0.1, 0.15) is 0 Å². The Morgan fingerprint density at radius 2 is 1.67 bits per heavy atom. The van der Waals surface area contributed by atoms with Crippen LogP contribution in [0, 0.1) is 0 Å². The first-order valence-corrected chi connectivity index (χ1v) is 8.99. The summed E-state index contributed by atoms with van der Waals surface area (Å²) < 4.78 is 39.5. The van der Waals surface area contributed by atoms with Crippen LogP contribution in [-0.4, -0.2) is 18.4 Å². The maximum Gasteiger partial charge on any atom is 0.416 e. The molecule has 7 heteroatoms. The summed E-state index contributed by atoms with van der Waals surface area (Å²) in [5.41, 5.74) is 1.36. The Hall–Kier alpha value is -3.61. The van der Waals surface area contributed by atoms with E-state index in [1.807, 2.05) is 18.2 Å². The molecule has 156 valence electrons. The number of benzene rings is 2. The van der Waals surface area contributed by atoms with Gasteiger partial charge in [0.05, 0.1) is 5.56 Å². The second kappa shape index (κ2) is 9.73. The predicted molar refractivity (Wildman–Crippen MR) is 113 cm³/mol. The Morgan fingerprint density at radius 3 is 2.27 bits per heavy atom. The van der Waals surface area contributed by atoms with Crippen molar-refractivity contribution in [1.82, 2.24) is 5.32 Å². The fourth-order valence-electron chi connectivity index (χ4n) is 2.75. The van der Waals surface area contributed by atoms with Gasteiger partial charge >= 0.3 is 6.18 Å². The van der Waals surface area contributed by atoms with Gasteiger partial charge in [-0.05, 0) is 47.4 Å². The van der Waals surface area contributed by atoms with Gasteiger partial charge in [-0.15, -0.1) is 0 Å². The number of halogens is 3. The average molecular weight is 414 g/mol. The predicted octanol–water partition coefficient (Wildman–Crippen LogP) is 5.09. The van der Waals surface area contributed by atoms with E-state index in [-0.39, 0.29) is 17.8 Å². The van der Waals surface area contributed by atoms with E-state index < -0.39 is 23.6 Å². The molecule has 0 saturated heterocycles. The molecule has 0 aromatic heterocycles. The Balaban J connectivity index is 2.14. The van der Waals surface area contributed by atoms with Crippen molar-refractivity contribution in [1.29, 1.82) is 0 Å². The van der Waals surface area contributed by atoms with Crippen molar-refractivity contribution < 1.29 is 22.8 Å². The number of carbonyl (C=O) groups excluding carboxylic acids is 2. The highest BCUT2D eigenvalue weighted by Gasteiger charge is 2.32. The van der Waals surface area contributed by atoms with E-state index in [2.05, 4.69) is 30.4 Å². The number of hydrogen-bond donors (Lipinski definition) is 2. The molecule has 30 heavy (non-hydrogen) atoms. The van der Waals surface area contributed by atoms with Crippen molar-refractivity contribution in [2.24, 2.45) is 0 Å². The molecule has 2 aromatic rings. The van der Waals surface area contributed by atoms with E-state index in [9.17, 15) is 22.8 Å². The summed E-state index contributed by atoms with van der Waals surface area (Å²) in [4.78, 5) is 23.8. The molecule has 0 fully saturated rings. The fraction of sp³-hybridized carbons (Fsp3) is 0.130. The van der Waals surface area contributed by atoms with Crippen molar-refractivity contribution in [3.8, 4) is 0 Å². The van der Waals surface area contributed by atoms with E-state index in [0.717, 1.165) is 34.9 Å². The van der Waals surface area contributed by atoms with Gasteiger partial charge in [0.15, 0.2) is 0 Å². The lowest BCUT2D eigenvalue weighted by Gasteiger charge is -2.13. The lowest BCUT2D eigenvalue weighted by atomic mass is 10.0. The average Bonchev–Trinajstić information content (AvgIpc) is 2.72. The lowest BCUT2D eigenvalue weighted by Crippen LogP contribution is -2.26. The van der Waals surface area contributed by atoms with Crippen molar-refractivity contribution >= 4 is 29.7 Å². The monoisotopic (exact) mass is 414 g/mol. The quantitative estimate of drug-likeness (QED) is 0.592. The number of nitrogens with one attached hydrogen (secondary N) is 2. The maximum absolute atomic E-state index is 13.2. The minimum absolute atomic E-state index is 0.143. The zero-order valence-electron chi connectivity index (χ0n) is 16.2. The molecule has 0 heterocycles. The standard InChI is InChI=1S/C23H21F3N2O2/c1-4-16-8-7-15(11-17(16)5-2)9-10-27-22(30)18-12-19(23(24,25)26)14-20(13-18)28-21(29)6-3/h4-8,11-14H,1-3,9-10H2,(H,27,30)(H,28,29). The van der Waals surface area contributed by atoms with Gasteiger partial charge in [-0.1, -0.05) is 50.1 Å². The van der Waals surface area contributed by atoms with Crippen LogP contribution >= 0.6 is 0 Å². The zero-order valence-corrected chi connectivity index (χ0v) is 16.2. The Kier molecular flexibility index (Phi) is 7.36.